The molecule has 2 atom stereocenters. The van der Waals surface area contributed by atoms with Gasteiger partial charge < -0.3 is 15.3 Å². The summed E-state index contributed by atoms with van der Waals surface area (Å²) >= 11 is 0. The van der Waals surface area contributed by atoms with Crippen LogP contribution in [0.25, 0.3) is 10.9 Å². The van der Waals surface area contributed by atoms with E-state index in [0.717, 1.165) is 6.07 Å². The van der Waals surface area contributed by atoms with Crippen LogP contribution in [0.15, 0.2) is 30.5 Å². The Labute approximate surface area is 101 Å². The van der Waals surface area contributed by atoms with E-state index in [-0.39, 0.29) is 5.56 Å². The van der Waals surface area contributed by atoms with E-state index in [1.165, 1.54) is 12.3 Å². The van der Waals surface area contributed by atoms with Gasteiger partial charge in [0.25, 0.3) is 0 Å². The Morgan fingerprint density at radius 2 is 2.06 bits per heavy atom. The van der Waals surface area contributed by atoms with Crippen molar-refractivity contribution in [2.45, 2.75) is 12.2 Å². The van der Waals surface area contributed by atoms with Crippen molar-refractivity contribution in [3.05, 3.63) is 41.8 Å². The fourth-order valence-corrected chi connectivity index (χ4v) is 1.64. The van der Waals surface area contributed by atoms with E-state index >= 15 is 0 Å². The Kier molecular flexibility index (Phi) is 3.22. The molecule has 1 heterocycles. The van der Waals surface area contributed by atoms with Crippen molar-refractivity contribution in [1.82, 2.24) is 4.98 Å². The Morgan fingerprint density at radius 3 is 2.72 bits per heavy atom. The number of aliphatic carboxylic acids is 1. The summed E-state index contributed by atoms with van der Waals surface area (Å²) in [5, 5.41) is 27.9. The molecule has 2 rings (SSSR count). The third kappa shape index (κ3) is 2.15. The van der Waals surface area contributed by atoms with E-state index < -0.39 is 24.0 Å². The van der Waals surface area contributed by atoms with E-state index in [9.17, 15) is 19.4 Å². The molecule has 0 fully saturated rings. The largest absolute Gasteiger partial charge is 0.479 e. The molecule has 3 N–H and O–H groups in total. The maximum atomic E-state index is 13.7. The lowest BCUT2D eigenvalue weighted by Crippen LogP contribution is -2.28. The number of aliphatic hydroxyl groups is 2. The van der Waals surface area contributed by atoms with Gasteiger partial charge in [-0.15, -0.1) is 0 Å². The van der Waals surface area contributed by atoms with Gasteiger partial charge in [-0.2, -0.15) is 0 Å². The van der Waals surface area contributed by atoms with Crippen molar-refractivity contribution in [3.8, 4) is 0 Å². The van der Waals surface area contributed by atoms with Crippen molar-refractivity contribution < 1.29 is 24.5 Å². The first-order chi connectivity index (χ1) is 8.50. The molecule has 0 saturated heterocycles. The molecule has 0 aliphatic rings. The molecule has 2 unspecified atom stereocenters. The van der Waals surface area contributed by atoms with Gasteiger partial charge in [0.2, 0.25) is 0 Å². The van der Waals surface area contributed by atoms with Crippen LogP contribution in [0.4, 0.5) is 4.39 Å². The number of aliphatic hydroxyl groups excluding tert-OH is 2. The molecule has 1 aromatic carbocycles. The second-order valence-corrected chi connectivity index (χ2v) is 3.80. The monoisotopic (exact) mass is 251 g/mol. The highest BCUT2D eigenvalue weighted by Gasteiger charge is 2.27. The molecule has 18 heavy (non-hydrogen) atoms. The minimum Gasteiger partial charge on any atom is -0.479 e. The Hall–Kier alpha value is -2.05. The highest BCUT2D eigenvalue weighted by Crippen LogP contribution is 2.25. The van der Waals surface area contributed by atoms with E-state index in [4.69, 9.17) is 5.11 Å². The summed E-state index contributed by atoms with van der Waals surface area (Å²) in [4.78, 5) is 14.5. The standard InChI is InChI=1S/C12H10FNO4/c13-8-5-9-6(2-1-3-14-9)4-7(8)10(15)11(16)12(17)18/h1-5,10-11,15-16H,(H,17,18). The van der Waals surface area contributed by atoms with Crippen LogP contribution in [0.5, 0.6) is 0 Å². The van der Waals surface area contributed by atoms with Crippen molar-refractivity contribution in [3.63, 3.8) is 0 Å². The fraction of sp³-hybridized carbons (Fsp3) is 0.167. The number of rotatable bonds is 3. The van der Waals surface area contributed by atoms with Crippen LogP contribution < -0.4 is 0 Å². The lowest BCUT2D eigenvalue weighted by molar-refractivity contribution is -0.153. The second kappa shape index (κ2) is 4.67. The van der Waals surface area contributed by atoms with Gasteiger partial charge in [0.15, 0.2) is 6.10 Å². The number of fused-ring (bicyclic) bond motifs is 1. The third-order valence-corrected chi connectivity index (χ3v) is 2.59. The molecule has 5 nitrogen and oxygen atoms in total. The Morgan fingerprint density at radius 1 is 1.33 bits per heavy atom. The third-order valence-electron chi connectivity index (χ3n) is 2.59. The van der Waals surface area contributed by atoms with Crippen LogP contribution >= 0.6 is 0 Å². The quantitative estimate of drug-likeness (QED) is 0.752. The number of hydrogen-bond acceptors (Lipinski definition) is 4. The first kappa shape index (κ1) is 12.4. The van der Waals surface area contributed by atoms with Crippen LogP contribution in [-0.4, -0.2) is 32.4 Å². The molecule has 0 amide bonds. The molecule has 0 radical (unpaired) electrons. The molecule has 6 heteroatoms. The fourth-order valence-electron chi connectivity index (χ4n) is 1.64. The van der Waals surface area contributed by atoms with Crippen LogP contribution in [0, 0.1) is 5.82 Å². The summed E-state index contributed by atoms with van der Waals surface area (Å²) < 4.78 is 13.7. The zero-order valence-corrected chi connectivity index (χ0v) is 9.12. The first-order valence-electron chi connectivity index (χ1n) is 5.14. The number of hydrogen-bond donors (Lipinski definition) is 3. The predicted molar refractivity (Wildman–Crippen MR) is 60.3 cm³/mol. The lowest BCUT2D eigenvalue weighted by atomic mass is 10.0. The maximum Gasteiger partial charge on any atom is 0.335 e. The summed E-state index contributed by atoms with van der Waals surface area (Å²) in [5.41, 5.74) is 0.112. The van der Waals surface area contributed by atoms with E-state index in [1.54, 1.807) is 12.1 Å². The topological polar surface area (TPSA) is 90.7 Å². The van der Waals surface area contributed by atoms with E-state index in [1.807, 2.05) is 0 Å². The highest BCUT2D eigenvalue weighted by atomic mass is 19.1. The number of aromatic nitrogens is 1. The van der Waals surface area contributed by atoms with Gasteiger partial charge >= 0.3 is 5.97 Å². The number of benzene rings is 1. The van der Waals surface area contributed by atoms with Crippen LogP contribution in [0.1, 0.15) is 11.7 Å². The minimum absolute atomic E-state index is 0.273. The number of carbonyl (C=O) groups is 1. The normalized spacial score (nSPS) is 14.4. The van der Waals surface area contributed by atoms with Gasteiger partial charge in [0.1, 0.15) is 11.9 Å². The molecule has 0 aliphatic heterocycles. The Balaban J connectivity index is 2.50. The highest BCUT2D eigenvalue weighted by molar-refractivity contribution is 5.80. The molecule has 0 spiro atoms. The van der Waals surface area contributed by atoms with Gasteiger partial charge in [0.05, 0.1) is 5.52 Å². The maximum absolute atomic E-state index is 13.7. The number of carboxylic acids is 1. The van der Waals surface area contributed by atoms with E-state index in [0.29, 0.717) is 10.9 Å². The zero-order chi connectivity index (χ0) is 13.3. The molecule has 94 valence electrons. The molecule has 0 saturated carbocycles. The summed E-state index contributed by atoms with van der Waals surface area (Å²) in [6.07, 6.45) is -2.41. The smallest absolute Gasteiger partial charge is 0.335 e. The molecule has 2 aromatic rings. The summed E-state index contributed by atoms with van der Waals surface area (Å²) in [6.45, 7) is 0. The first-order valence-corrected chi connectivity index (χ1v) is 5.14. The number of pyridine rings is 1. The average Bonchev–Trinajstić information content (AvgIpc) is 2.36. The van der Waals surface area contributed by atoms with Gasteiger partial charge in [0, 0.05) is 23.2 Å². The average molecular weight is 251 g/mol. The molecule has 0 bridgehead atoms. The van der Waals surface area contributed by atoms with Crippen LogP contribution in [-0.2, 0) is 4.79 Å². The summed E-state index contributed by atoms with van der Waals surface area (Å²) in [5.74, 6) is -2.43. The van der Waals surface area contributed by atoms with Gasteiger partial charge in [-0.3, -0.25) is 4.98 Å². The van der Waals surface area contributed by atoms with Gasteiger partial charge in [-0.25, -0.2) is 9.18 Å². The van der Waals surface area contributed by atoms with Gasteiger partial charge in [-0.1, -0.05) is 6.07 Å². The molecular weight excluding hydrogens is 241 g/mol. The SMILES string of the molecule is O=C(O)C(O)C(O)c1cc2cccnc2cc1F. The lowest BCUT2D eigenvalue weighted by Gasteiger charge is -2.15. The van der Waals surface area contributed by atoms with E-state index in [2.05, 4.69) is 4.98 Å². The van der Waals surface area contributed by atoms with Crippen molar-refractivity contribution in [1.29, 1.82) is 0 Å². The minimum atomic E-state index is -2.08. The molecular formula is C12H10FNO4. The van der Waals surface area contributed by atoms with Gasteiger partial charge in [-0.05, 0) is 12.1 Å². The molecule has 0 aliphatic carbocycles. The Bertz CT molecular complexity index is 602. The van der Waals surface area contributed by atoms with Crippen molar-refractivity contribution >= 4 is 16.9 Å². The zero-order valence-electron chi connectivity index (χ0n) is 9.12. The van der Waals surface area contributed by atoms with Crippen LogP contribution in [0.3, 0.4) is 0 Å². The number of carboxylic acid groups (broad SMARTS) is 1. The van der Waals surface area contributed by atoms with Crippen molar-refractivity contribution in [2.24, 2.45) is 0 Å². The molecule has 1 aromatic heterocycles. The number of halogens is 1. The summed E-state index contributed by atoms with van der Waals surface area (Å²) in [7, 11) is 0. The summed E-state index contributed by atoms with van der Waals surface area (Å²) in [6, 6.07) is 5.63. The second-order valence-electron chi connectivity index (χ2n) is 3.80. The van der Waals surface area contributed by atoms with Crippen LogP contribution in [0.2, 0.25) is 0 Å². The predicted octanol–water partition coefficient (Wildman–Crippen LogP) is 0.853. The number of nitrogens with zero attached hydrogens (tertiary/aromatic N) is 1. The van der Waals surface area contributed by atoms with Crippen molar-refractivity contribution in [2.75, 3.05) is 0 Å².